The summed E-state index contributed by atoms with van der Waals surface area (Å²) in [5.74, 6) is 0.691. The summed E-state index contributed by atoms with van der Waals surface area (Å²) in [6, 6.07) is 14.5. The Labute approximate surface area is 347 Å². The van der Waals surface area contributed by atoms with Crippen LogP contribution in [0.2, 0.25) is 0 Å². The molecule has 2 aromatic carbocycles. The predicted molar refractivity (Wildman–Crippen MR) is 227 cm³/mol. The van der Waals surface area contributed by atoms with Crippen molar-refractivity contribution in [2.75, 3.05) is 0 Å². The van der Waals surface area contributed by atoms with E-state index < -0.39 is 11.9 Å². The zero-order valence-corrected chi connectivity index (χ0v) is 34.9. The first kappa shape index (κ1) is 41.0. The first-order valence-corrected chi connectivity index (χ1v) is 20.8. The average molecular weight is 815 g/mol. The van der Waals surface area contributed by atoms with Gasteiger partial charge < -0.3 is 30.5 Å². The molecule has 6 saturated carbocycles. The normalized spacial score (nSPS) is 23.4. The molecule has 0 aliphatic heterocycles. The van der Waals surface area contributed by atoms with Gasteiger partial charge in [0.05, 0.1) is 41.5 Å². The quantitative estimate of drug-likeness (QED) is 0.157. The molecule has 0 spiro atoms. The number of hydrogen-bond acceptors (Lipinski definition) is 10. The lowest BCUT2D eigenvalue weighted by atomic mass is 9.50. The van der Waals surface area contributed by atoms with Crippen LogP contribution in [0.15, 0.2) is 82.9 Å². The molecule has 6 aliphatic rings. The van der Waals surface area contributed by atoms with E-state index in [-0.39, 0.29) is 46.5 Å². The molecule has 0 radical (unpaired) electrons. The average Bonchev–Trinajstić information content (AvgIpc) is 3.82. The first-order valence-electron chi connectivity index (χ1n) is 20.8. The van der Waals surface area contributed by atoms with Crippen LogP contribution in [-0.4, -0.2) is 56.0 Å². The Morgan fingerprint density at radius 2 is 1.13 bits per heavy atom. The van der Waals surface area contributed by atoms with Gasteiger partial charge >= 0.3 is 5.97 Å². The number of nitrogens with zero attached hydrogens (tertiary/aromatic N) is 8. The Morgan fingerprint density at radius 1 is 0.717 bits per heavy atom. The standard InChI is InChI=1S/2C18H19N5O.C9H16O3/c2*1-22-6-5-12-13(3-2-4-14(12)17(22)24)16(19)15-10-23(21-20-15)18-7-11(8-18)9-18;1-6(2)4-8(9(11)12)5-7(3)10/h2*2-6,10-11,16H,7-9,19H2,1H3;6,8H,4-5H2,1-3H3,(H,11,12)/t11?,16-,18?;;8-/m0.1/s1. The van der Waals surface area contributed by atoms with Crippen LogP contribution >= 0.6 is 0 Å². The summed E-state index contributed by atoms with van der Waals surface area (Å²) in [5, 5.41) is 29.1. The van der Waals surface area contributed by atoms with Gasteiger partial charge in [0.2, 0.25) is 0 Å². The molecule has 3 atom stereocenters. The summed E-state index contributed by atoms with van der Waals surface area (Å²) in [5.41, 5.74) is 16.7. The van der Waals surface area contributed by atoms with Gasteiger partial charge in [-0.15, -0.1) is 10.2 Å². The van der Waals surface area contributed by atoms with Gasteiger partial charge in [-0.1, -0.05) is 48.5 Å². The number of carboxylic acid groups (broad SMARTS) is 1. The Balaban J connectivity index is 0.000000133. The third kappa shape index (κ3) is 7.38. The van der Waals surface area contributed by atoms with E-state index in [1.54, 1.807) is 35.6 Å². The molecule has 4 heterocycles. The van der Waals surface area contributed by atoms with Crippen molar-refractivity contribution < 1.29 is 14.7 Å². The van der Waals surface area contributed by atoms with E-state index in [0.717, 1.165) is 45.1 Å². The summed E-state index contributed by atoms with van der Waals surface area (Å²) in [4.78, 5) is 45.9. The molecule has 6 fully saturated rings. The lowest BCUT2D eigenvalue weighted by molar-refractivity contribution is -0.144. The number of nitrogens with two attached hydrogens (primary N) is 2. The van der Waals surface area contributed by atoms with Gasteiger partial charge in [-0.05, 0) is 116 Å². The summed E-state index contributed by atoms with van der Waals surface area (Å²) >= 11 is 0. The maximum Gasteiger partial charge on any atom is 0.306 e. The Morgan fingerprint density at radius 3 is 1.47 bits per heavy atom. The van der Waals surface area contributed by atoms with Crippen molar-refractivity contribution in [1.29, 1.82) is 0 Å². The van der Waals surface area contributed by atoms with Crippen molar-refractivity contribution in [3.8, 4) is 0 Å². The van der Waals surface area contributed by atoms with Crippen LogP contribution in [0.4, 0.5) is 0 Å². The molecule has 0 amide bonds. The number of aryl methyl sites for hydroxylation is 2. The molecule has 12 rings (SSSR count). The molecule has 6 aliphatic carbocycles. The van der Waals surface area contributed by atoms with Gasteiger partial charge in [-0.25, -0.2) is 9.36 Å². The lowest BCUT2D eigenvalue weighted by Crippen LogP contribution is -2.59. The number of rotatable bonds is 11. The number of aromatic nitrogens is 8. The van der Waals surface area contributed by atoms with Crippen LogP contribution in [0, 0.1) is 23.7 Å². The third-order valence-corrected chi connectivity index (χ3v) is 13.3. The molecule has 15 nitrogen and oxygen atoms in total. The smallest absolute Gasteiger partial charge is 0.306 e. The van der Waals surface area contributed by atoms with Crippen molar-refractivity contribution in [3.05, 3.63) is 117 Å². The number of pyridine rings is 2. The molecule has 15 heteroatoms. The number of hydrogen-bond donors (Lipinski definition) is 3. The summed E-state index contributed by atoms with van der Waals surface area (Å²) in [7, 11) is 3.51. The zero-order valence-electron chi connectivity index (χ0n) is 34.9. The monoisotopic (exact) mass is 814 g/mol. The largest absolute Gasteiger partial charge is 0.481 e. The van der Waals surface area contributed by atoms with Crippen molar-refractivity contribution in [3.63, 3.8) is 0 Å². The van der Waals surface area contributed by atoms with Crippen molar-refractivity contribution >= 4 is 33.3 Å². The predicted octanol–water partition coefficient (Wildman–Crippen LogP) is 5.09. The second-order valence-corrected chi connectivity index (χ2v) is 18.2. The highest BCUT2D eigenvalue weighted by molar-refractivity contribution is 5.86. The topological polar surface area (TPSA) is 212 Å². The van der Waals surface area contributed by atoms with E-state index in [2.05, 4.69) is 20.6 Å². The molecular formula is C45H54N10O5. The van der Waals surface area contributed by atoms with E-state index in [1.165, 1.54) is 45.4 Å². The minimum Gasteiger partial charge on any atom is -0.481 e. The molecule has 314 valence electrons. The number of benzene rings is 2. The van der Waals surface area contributed by atoms with Gasteiger partial charge in [0.15, 0.2) is 0 Å². The van der Waals surface area contributed by atoms with Gasteiger partial charge in [-0.2, -0.15) is 0 Å². The number of ketones is 1. The molecule has 4 aromatic heterocycles. The molecule has 5 N–H and O–H groups in total. The van der Waals surface area contributed by atoms with Gasteiger partial charge in [0, 0.05) is 43.7 Å². The molecular weight excluding hydrogens is 761 g/mol. The Kier molecular flexibility index (Phi) is 10.7. The van der Waals surface area contributed by atoms with Crippen molar-refractivity contribution in [2.24, 2.45) is 49.2 Å². The van der Waals surface area contributed by atoms with Crippen LogP contribution < -0.4 is 22.6 Å². The minimum absolute atomic E-state index is 0.0147. The van der Waals surface area contributed by atoms with Gasteiger partial charge in [0.1, 0.15) is 17.2 Å². The number of Topliss-reactive ketones (excluding diaryl/α,β-unsaturated/α-hetero) is 1. The van der Waals surface area contributed by atoms with Crippen molar-refractivity contribution in [2.45, 2.75) is 95.3 Å². The molecule has 0 saturated heterocycles. The highest BCUT2D eigenvalue weighted by atomic mass is 16.4. The van der Waals surface area contributed by atoms with E-state index >= 15 is 0 Å². The Hall–Kier alpha value is -5.80. The van der Waals surface area contributed by atoms with E-state index in [1.807, 2.05) is 84.1 Å². The summed E-state index contributed by atoms with van der Waals surface area (Å²) < 4.78 is 7.17. The van der Waals surface area contributed by atoms with Crippen molar-refractivity contribution in [1.82, 2.24) is 39.1 Å². The fourth-order valence-electron chi connectivity index (χ4n) is 9.58. The Bertz CT molecular complexity index is 2530. The SMILES string of the molecule is CC(=O)C[C@@H](CC(C)C)C(=O)O.Cn1ccc2c(C(N)c3cn(C45CC(C4)C5)nn3)cccc2c1=O.Cn1ccc2c([C@H](N)c3cn(C45CC(C4)C5)nn3)cccc2c1=O. The molecule has 60 heavy (non-hydrogen) atoms. The van der Waals surface area contributed by atoms with Crippen LogP contribution in [-0.2, 0) is 34.8 Å². The second kappa shape index (κ2) is 15.7. The minimum atomic E-state index is -0.862. The highest BCUT2D eigenvalue weighted by Gasteiger charge is 2.59. The molecule has 4 bridgehead atoms. The van der Waals surface area contributed by atoms with Crippen LogP contribution in [0.25, 0.3) is 21.5 Å². The fourth-order valence-corrected chi connectivity index (χ4v) is 9.58. The zero-order chi connectivity index (χ0) is 42.7. The van der Waals surface area contributed by atoms with E-state index in [4.69, 9.17) is 16.6 Å². The maximum absolute atomic E-state index is 12.3. The highest BCUT2D eigenvalue weighted by Crippen LogP contribution is 2.62. The number of aliphatic carboxylic acids is 1. The second-order valence-electron chi connectivity index (χ2n) is 18.2. The van der Waals surface area contributed by atoms with Crippen LogP contribution in [0.3, 0.4) is 0 Å². The number of fused-ring (bicyclic) bond motifs is 2. The third-order valence-electron chi connectivity index (χ3n) is 13.3. The van der Waals surface area contributed by atoms with E-state index in [9.17, 15) is 19.2 Å². The summed E-state index contributed by atoms with van der Waals surface area (Å²) in [6.45, 7) is 5.34. The number of carboxylic acids is 1. The number of carbonyl (C=O) groups excluding carboxylic acids is 1. The first-order chi connectivity index (χ1) is 28.6. The molecule has 1 unspecified atom stereocenters. The maximum atomic E-state index is 12.3. The van der Waals surface area contributed by atoms with Gasteiger partial charge in [0.25, 0.3) is 11.1 Å². The van der Waals surface area contributed by atoms with E-state index in [0.29, 0.717) is 23.1 Å². The lowest BCUT2D eigenvalue weighted by Gasteiger charge is -2.61. The number of carbonyl (C=O) groups is 2. The molecule has 6 aromatic rings. The van der Waals surface area contributed by atoms with Crippen LogP contribution in [0.1, 0.15) is 107 Å². The van der Waals surface area contributed by atoms with Gasteiger partial charge in [-0.3, -0.25) is 14.4 Å². The summed E-state index contributed by atoms with van der Waals surface area (Å²) in [6.07, 6.45) is 15.6. The van der Waals surface area contributed by atoms with Crippen LogP contribution in [0.5, 0.6) is 0 Å². The fraction of sp³-hybridized carbons (Fsp3) is 0.467.